The summed E-state index contributed by atoms with van der Waals surface area (Å²) in [5, 5.41) is 4.47. The average Bonchev–Trinajstić information content (AvgIpc) is 2.70. The second kappa shape index (κ2) is 4.83. The highest BCUT2D eigenvalue weighted by Crippen LogP contribution is 2.27. The van der Waals surface area contributed by atoms with Gasteiger partial charge in [0.05, 0.1) is 10.2 Å². The van der Waals surface area contributed by atoms with Crippen LogP contribution in [0.1, 0.15) is 25.8 Å². The average molecular weight is 234 g/mol. The molecule has 0 bridgehead atoms. The van der Waals surface area contributed by atoms with Crippen LogP contribution in [0.15, 0.2) is 18.2 Å². The molecule has 3 heteroatoms. The van der Waals surface area contributed by atoms with E-state index >= 15 is 0 Å². The van der Waals surface area contributed by atoms with Crippen LogP contribution in [0.2, 0.25) is 0 Å². The molecule has 1 aromatic heterocycles. The molecule has 0 aliphatic rings. The van der Waals surface area contributed by atoms with Gasteiger partial charge in [-0.15, -0.1) is 0 Å². The van der Waals surface area contributed by atoms with Gasteiger partial charge in [-0.25, -0.2) is 4.98 Å². The first-order chi connectivity index (χ1) is 7.70. The van der Waals surface area contributed by atoms with Gasteiger partial charge in [0.15, 0.2) is 5.13 Å². The molecule has 0 radical (unpaired) electrons. The first-order valence-corrected chi connectivity index (χ1v) is 6.62. The van der Waals surface area contributed by atoms with Crippen molar-refractivity contribution >= 4 is 26.7 Å². The van der Waals surface area contributed by atoms with Crippen molar-refractivity contribution in [3.05, 3.63) is 23.8 Å². The zero-order valence-electron chi connectivity index (χ0n) is 10.1. The molecule has 1 atom stereocenters. The van der Waals surface area contributed by atoms with E-state index in [1.165, 1.54) is 16.7 Å². The summed E-state index contributed by atoms with van der Waals surface area (Å²) in [5.74, 6) is 0.702. The molecule has 16 heavy (non-hydrogen) atoms. The van der Waals surface area contributed by atoms with Crippen LogP contribution in [-0.4, -0.2) is 11.5 Å². The lowest BCUT2D eigenvalue weighted by Gasteiger charge is -2.07. The molecule has 1 aromatic carbocycles. The molecular formula is C13H18N2S. The number of nitrogens with one attached hydrogen (secondary N) is 1. The lowest BCUT2D eigenvalue weighted by atomic mass is 10.1. The molecule has 0 saturated carbocycles. The van der Waals surface area contributed by atoms with Crippen molar-refractivity contribution in [2.45, 2.75) is 27.2 Å². The monoisotopic (exact) mass is 234 g/mol. The van der Waals surface area contributed by atoms with E-state index in [-0.39, 0.29) is 0 Å². The topological polar surface area (TPSA) is 24.9 Å². The molecule has 0 spiro atoms. The predicted octanol–water partition coefficient (Wildman–Crippen LogP) is 4.06. The second-order valence-corrected chi connectivity index (χ2v) is 5.37. The number of hydrogen-bond donors (Lipinski definition) is 1. The van der Waals surface area contributed by atoms with E-state index in [0.717, 1.165) is 17.2 Å². The van der Waals surface area contributed by atoms with Crippen molar-refractivity contribution in [1.82, 2.24) is 4.98 Å². The third-order valence-corrected chi connectivity index (χ3v) is 3.90. The summed E-state index contributed by atoms with van der Waals surface area (Å²) in [4.78, 5) is 4.63. The molecular weight excluding hydrogens is 216 g/mol. The fraction of sp³-hybridized carbons (Fsp3) is 0.462. The van der Waals surface area contributed by atoms with E-state index in [1.54, 1.807) is 11.3 Å². The highest BCUT2D eigenvalue weighted by molar-refractivity contribution is 7.22. The summed E-state index contributed by atoms with van der Waals surface area (Å²) in [6.07, 6.45) is 1.21. The first kappa shape index (κ1) is 11.4. The summed E-state index contributed by atoms with van der Waals surface area (Å²) in [5.41, 5.74) is 2.39. The molecule has 0 amide bonds. The van der Waals surface area contributed by atoms with Crippen molar-refractivity contribution in [3.8, 4) is 0 Å². The molecule has 0 aliphatic carbocycles. The minimum Gasteiger partial charge on any atom is -0.361 e. The normalized spacial score (nSPS) is 12.9. The van der Waals surface area contributed by atoms with Crippen molar-refractivity contribution in [3.63, 3.8) is 0 Å². The zero-order valence-corrected chi connectivity index (χ0v) is 10.9. The molecule has 2 rings (SSSR count). The molecule has 0 fully saturated rings. The van der Waals surface area contributed by atoms with Gasteiger partial charge in [0, 0.05) is 6.54 Å². The number of anilines is 1. The third-order valence-electron chi connectivity index (χ3n) is 2.92. The van der Waals surface area contributed by atoms with Crippen LogP contribution < -0.4 is 5.32 Å². The zero-order chi connectivity index (χ0) is 11.5. The Bertz CT molecular complexity index is 476. The molecule has 86 valence electrons. The maximum Gasteiger partial charge on any atom is 0.183 e. The maximum absolute atomic E-state index is 4.63. The molecule has 2 aromatic rings. The number of fused-ring (bicyclic) bond motifs is 1. The van der Waals surface area contributed by atoms with Crippen LogP contribution in [0.4, 0.5) is 5.13 Å². The second-order valence-electron chi connectivity index (χ2n) is 4.33. The van der Waals surface area contributed by atoms with Crippen LogP contribution >= 0.6 is 11.3 Å². The molecule has 2 nitrogen and oxygen atoms in total. The van der Waals surface area contributed by atoms with Crippen LogP contribution in [0, 0.1) is 12.8 Å². The summed E-state index contributed by atoms with van der Waals surface area (Å²) < 4.78 is 1.27. The standard InChI is InChI=1S/C13H18N2S/c1-4-9(2)8-14-13-15-12-10(3)6-5-7-11(12)16-13/h5-7,9H,4,8H2,1-3H3,(H,14,15). The molecule has 0 aliphatic heterocycles. The predicted molar refractivity (Wildman–Crippen MR) is 72.3 cm³/mol. The number of aromatic nitrogens is 1. The summed E-state index contributed by atoms with van der Waals surface area (Å²) in [7, 11) is 0. The Balaban J connectivity index is 2.17. The smallest absolute Gasteiger partial charge is 0.183 e. The minimum absolute atomic E-state index is 0.702. The summed E-state index contributed by atoms with van der Waals surface area (Å²) in [6, 6.07) is 6.34. The van der Waals surface area contributed by atoms with E-state index in [4.69, 9.17) is 0 Å². The quantitative estimate of drug-likeness (QED) is 0.862. The first-order valence-electron chi connectivity index (χ1n) is 5.80. The van der Waals surface area contributed by atoms with E-state index in [2.05, 4.69) is 49.3 Å². The van der Waals surface area contributed by atoms with Crippen molar-refractivity contribution in [1.29, 1.82) is 0 Å². The number of para-hydroxylation sites is 1. The Hall–Kier alpha value is -1.09. The fourth-order valence-corrected chi connectivity index (χ4v) is 2.52. The van der Waals surface area contributed by atoms with Gasteiger partial charge in [-0.3, -0.25) is 0 Å². The van der Waals surface area contributed by atoms with Crippen molar-refractivity contribution in [2.24, 2.45) is 5.92 Å². The summed E-state index contributed by atoms with van der Waals surface area (Å²) in [6.45, 7) is 7.59. The number of thiazole rings is 1. The van der Waals surface area contributed by atoms with Crippen LogP contribution in [0.25, 0.3) is 10.2 Å². The highest BCUT2D eigenvalue weighted by Gasteiger charge is 2.06. The van der Waals surface area contributed by atoms with Gasteiger partial charge >= 0.3 is 0 Å². The Morgan fingerprint density at radius 1 is 1.44 bits per heavy atom. The van der Waals surface area contributed by atoms with Gasteiger partial charge in [-0.2, -0.15) is 0 Å². The number of aryl methyl sites for hydroxylation is 1. The van der Waals surface area contributed by atoms with E-state index in [1.807, 2.05) is 0 Å². The van der Waals surface area contributed by atoms with Crippen LogP contribution in [0.3, 0.4) is 0 Å². The van der Waals surface area contributed by atoms with Gasteiger partial charge in [-0.05, 0) is 24.5 Å². The summed E-state index contributed by atoms with van der Waals surface area (Å²) >= 11 is 1.74. The van der Waals surface area contributed by atoms with Gasteiger partial charge < -0.3 is 5.32 Å². The molecule has 1 heterocycles. The molecule has 0 saturated heterocycles. The van der Waals surface area contributed by atoms with Gasteiger partial charge in [0.2, 0.25) is 0 Å². The number of nitrogens with zero attached hydrogens (tertiary/aromatic N) is 1. The van der Waals surface area contributed by atoms with Gasteiger partial charge in [0.1, 0.15) is 0 Å². The molecule has 1 unspecified atom stereocenters. The lowest BCUT2D eigenvalue weighted by Crippen LogP contribution is -2.09. The largest absolute Gasteiger partial charge is 0.361 e. The number of rotatable bonds is 4. The van der Waals surface area contributed by atoms with Gasteiger partial charge in [0.25, 0.3) is 0 Å². The van der Waals surface area contributed by atoms with E-state index < -0.39 is 0 Å². The highest BCUT2D eigenvalue weighted by atomic mass is 32.1. The third kappa shape index (κ3) is 2.35. The Kier molecular flexibility index (Phi) is 3.44. The van der Waals surface area contributed by atoms with Crippen LogP contribution in [0.5, 0.6) is 0 Å². The fourth-order valence-electron chi connectivity index (χ4n) is 1.57. The number of hydrogen-bond acceptors (Lipinski definition) is 3. The Morgan fingerprint density at radius 3 is 2.94 bits per heavy atom. The molecule has 1 N–H and O–H groups in total. The van der Waals surface area contributed by atoms with E-state index in [0.29, 0.717) is 5.92 Å². The minimum atomic E-state index is 0.702. The SMILES string of the molecule is CCC(C)CNc1nc2c(C)cccc2s1. The van der Waals surface area contributed by atoms with E-state index in [9.17, 15) is 0 Å². The van der Waals surface area contributed by atoms with Crippen LogP contribution in [-0.2, 0) is 0 Å². The maximum atomic E-state index is 4.63. The van der Waals surface area contributed by atoms with Gasteiger partial charge in [-0.1, -0.05) is 43.7 Å². The lowest BCUT2D eigenvalue weighted by molar-refractivity contribution is 0.593. The number of benzene rings is 1. The Morgan fingerprint density at radius 2 is 2.25 bits per heavy atom. The van der Waals surface area contributed by atoms with Crippen molar-refractivity contribution in [2.75, 3.05) is 11.9 Å². The van der Waals surface area contributed by atoms with Crippen molar-refractivity contribution < 1.29 is 0 Å². The Labute approximate surface area is 101 Å².